The molecule has 0 aliphatic carbocycles. The first-order chi connectivity index (χ1) is 7.07. The Morgan fingerprint density at radius 3 is 2.73 bits per heavy atom. The van der Waals surface area contributed by atoms with E-state index in [1.54, 1.807) is 0 Å². The molecule has 0 N–H and O–H groups in total. The highest BCUT2D eigenvalue weighted by atomic mass is 15.2. The summed E-state index contributed by atoms with van der Waals surface area (Å²) in [7, 11) is 0. The summed E-state index contributed by atoms with van der Waals surface area (Å²) in [5, 5.41) is 0. The quantitative estimate of drug-likeness (QED) is 0.699. The average Bonchev–Trinajstić information content (AvgIpc) is 2.67. The molecule has 0 amide bonds. The van der Waals surface area contributed by atoms with E-state index in [0.29, 0.717) is 11.5 Å². The zero-order chi connectivity index (χ0) is 10.9. The molecule has 1 aromatic rings. The van der Waals surface area contributed by atoms with Crippen molar-refractivity contribution in [1.29, 1.82) is 0 Å². The number of hydrogen-bond acceptors (Lipinski definition) is 2. The minimum Gasteiger partial charge on any atom is -0.298 e. The number of pyridine rings is 1. The fraction of sp³-hybridized carbons (Fsp3) is 0.615. The first-order valence-corrected chi connectivity index (χ1v) is 5.72. The summed E-state index contributed by atoms with van der Waals surface area (Å²) in [6, 6.07) is 4.24. The zero-order valence-electron chi connectivity index (χ0n) is 9.90. The Balaban J connectivity index is 2.05. The van der Waals surface area contributed by atoms with E-state index in [1.165, 1.54) is 25.1 Å². The van der Waals surface area contributed by atoms with Gasteiger partial charge in [-0.05, 0) is 51.3 Å². The van der Waals surface area contributed by atoms with Crippen LogP contribution in [-0.2, 0) is 0 Å². The van der Waals surface area contributed by atoms with Gasteiger partial charge in [0.2, 0.25) is 0 Å². The monoisotopic (exact) mass is 204 g/mol. The van der Waals surface area contributed by atoms with Crippen LogP contribution in [0.3, 0.4) is 0 Å². The van der Waals surface area contributed by atoms with Gasteiger partial charge in [0.1, 0.15) is 0 Å². The third-order valence-electron chi connectivity index (χ3n) is 3.29. The van der Waals surface area contributed by atoms with Crippen molar-refractivity contribution >= 4 is 0 Å². The molecule has 1 aromatic heterocycles. The average molecular weight is 204 g/mol. The van der Waals surface area contributed by atoms with E-state index in [4.69, 9.17) is 0 Å². The molecule has 2 nitrogen and oxygen atoms in total. The number of rotatable bonds is 1. The Kier molecular flexibility index (Phi) is 2.79. The smallest absolute Gasteiger partial charge is 0.0303 e. The second-order valence-corrected chi connectivity index (χ2v) is 5.39. The van der Waals surface area contributed by atoms with Crippen LogP contribution in [0.25, 0.3) is 0 Å². The van der Waals surface area contributed by atoms with Gasteiger partial charge in [0, 0.05) is 24.5 Å². The van der Waals surface area contributed by atoms with Gasteiger partial charge in [-0.25, -0.2) is 0 Å². The lowest BCUT2D eigenvalue weighted by Crippen LogP contribution is -2.39. The van der Waals surface area contributed by atoms with Crippen LogP contribution in [0.2, 0.25) is 0 Å². The van der Waals surface area contributed by atoms with Crippen molar-refractivity contribution < 1.29 is 0 Å². The lowest BCUT2D eigenvalue weighted by molar-refractivity contribution is 0.173. The molecule has 0 spiro atoms. The van der Waals surface area contributed by atoms with E-state index in [0.717, 1.165) is 0 Å². The van der Waals surface area contributed by atoms with Gasteiger partial charge in [-0.15, -0.1) is 0 Å². The Bertz CT molecular complexity index is 313. The molecule has 1 saturated heterocycles. The highest BCUT2D eigenvalue weighted by Crippen LogP contribution is 2.30. The summed E-state index contributed by atoms with van der Waals surface area (Å²) in [5.41, 5.74) is 1.70. The second kappa shape index (κ2) is 3.93. The normalized spacial score (nSPS) is 23.3. The lowest BCUT2D eigenvalue weighted by Gasteiger charge is -2.31. The van der Waals surface area contributed by atoms with Gasteiger partial charge in [0.05, 0.1) is 0 Å². The standard InChI is InChI=1S/C13H20N2/c1-13(2,3)15-8-6-12(10-15)11-5-4-7-14-9-11/h4-5,7,9,12H,6,8,10H2,1-3H3. The van der Waals surface area contributed by atoms with Crippen LogP contribution in [0.4, 0.5) is 0 Å². The maximum Gasteiger partial charge on any atom is 0.0303 e. The van der Waals surface area contributed by atoms with Crippen molar-refractivity contribution in [2.75, 3.05) is 13.1 Å². The van der Waals surface area contributed by atoms with Crippen LogP contribution in [0.5, 0.6) is 0 Å². The van der Waals surface area contributed by atoms with Crippen LogP contribution in [-0.4, -0.2) is 28.5 Å². The predicted molar refractivity (Wildman–Crippen MR) is 62.9 cm³/mol. The molecule has 1 fully saturated rings. The fourth-order valence-corrected chi connectivity index (χ4v) is 2.26. The highest BCUT2D eigenvalue weighted by Gasteiger charge is 2.30. The third-order valence-corrected chi connectivity index (χ3v) is 3.29. The van der Waals surface area contributed by atoms with E-state index < -0.39 is 0 Å². The van der Waals surface area contributed by atoms with Gasteiger partial charge in [-0.1, -0.05) is 6.07 Å². The number of likely N-dealkylation sites (tertiary alicyclic amines) is 1. The van der Waals surface area contributed by atoms with E-state index in [1.807, 2.05) is 18.5 Å². The van der Waals surface area contributed by atoms with Gasteiger partial charge in [0.15, 0.2) is 0 Å². The van der Waals surface area contributed by atoms with Crippen molar-refractivity contribution in [3.05, 3.63) is 30.1 Å². The Labute approximate surface area is 92.3 Å². The second-order valence-electron chi connectivity index (χ2n) is 5.39. The van der Waals surface area contributed by atoms with Crippen molar-refractivity contribution in [2.24, 2.45) is 0 Å². The summed E-state index contributed by atoms with van der Waals surface area (Å²) in [6.45, 7) is 9.26. The molecule has 2 heterocycles. The lowest BCUT2D eigenvalue weighted by atomic mass is 10.0. The van der Waals surface area contributed by atoms with Gasteiger partial charge < -0.3 is 0 Å². The fourth-order valence-electron chi connectivity index (χ4n) is 2.26. The molecule has 0 bridgehead atoms. The molecule has 0 saturated carbocycles. The maximum absolute atomic E-state index is 4.20. The summed E-state index contributed by atoms with van der Waals surface area (Å²) in [5.74, 6) is 0.679. The van der Waals surface area contributed by atoms with Crippen molar-refractivity contribution in [2.45, 2.75) is 38.6 Å². The Hall–Kier alpha value is -0.890. The highest BCUT2D eigenvalue weighted by molar-refractivity contribution is 5.17. The number of hydrogen-bond donors (Lipinski definition) is 0. The summed E-state index contributed by atoms with van der Waals surface area (Å²) in [6.07, 6.45) is 5.12. The van der Waals surface area contributed by atoms with E-state index >= 15 is 0 Å². The Morgan fingerprint density at radius 1 is 1.40 bits per heavy atom. The van der Waals surface area contributed by atoms with Crippen molar-refractivity contribution in [3.63, 3.8) is 0 Å². The SMILES string of the molecule is CC(C)(C)N1CCC(c2cccnc2)C1. The molecular formula is C13H20N2. The van der Waals surface area contributed by atoms with Gasteiger partial charge >= 0.3 is 0 Å². The zero-order valence-corrected chi connectivity index (χ0v) is 9.90. The van der Waals surface area contributed by atoms with Gasteiger partial charge in [0.25, 0.3) is 0 Å². The van der Waals surface area contributed by atoms with E-state index in [-0.39, 0.29) is 0 Å². The van der Waals surface area contributed by atoms with E-state index in [2.05, 4.69) is 36.7 Å². The summed E-state index contributed by atoms with van der Waals surface area (Å²) < 4.78 is 0. The molecular weight excluding hydrogens is 184 g/mol. The number of nitrogens with zero attached hydrogens (tertiary/aromatic N) is 2. The molecule has 2 heteroatoms. The molecule has 0 radical (unpaired) electrons. The largest absolute Gasteiger partial charge is 0.298 e. The third kappa shape index (κ3) is 2.37. The van der Waals surface area contributed by atoms with E-state index in [9.17, 15) is 0 Å². The van der Waals surface area contributed by atoms with Crippen LogP contribution in [0, 0.1) is 0 Å². The number of aromatic nitrogens is 1. The molecule has 1 unspecified atom stereocenters. The summed E-state index contributed by atoms with van der Waals surface area (Å²) >= 11 is 0. The predicted octanol–water partition coefficient (Wildman–Crippen LogP) is 2.67. The first-order valence-electron chi connectivity index (χ1n) is 5.72. The molecule has 2 rings (SSSR count). The maximum atomic E-state index is 4.20. The first kappa shape index (κ1) is 10.6. The summed E-state index contributed by atoms with van der Waals surface area (Å²) in [4.78, 5) is 6.76. The van der Waals surface area contributed by atoms with Crippen LogP contribution >= 0.6 is 0 Å². The topological polar surface area (TPSA) is 16.1 Å². The Morgan fingerprint density at radius 2 is 2.20 bits per heavy atom. The van der Waals surface area contributed by atoms with Crippen molar-refractivity contribution in [3.8, 4) is 0 Å². The molecule has 0 aromatic carbocycles. The minimum atomic E-state index is 0.303. The molecule has 1 aliphatic rings. The van der Waals surface area contributed by atoms with Gasteiger partial charge in [-0.2, -0.15) is 0 Å². The molecule has 1 atom stereocenters. The van der Waals surface area contributed by atoms with Crippen LogP contribution in [0.15, 0.2) is 24.5 Å². The molecule has 15 heavy (non-hydrogen) atoms. The van der Waals surface area contributed by atoms with Crippen molar-refractivity contribution in [1.82, 2.24) is 9.88 Å². The molecule has 82 valence electrons. The molecule has 1 aliphatic heterocycles. The van der Waals surface area contributed by atoms with Gasteiger partial charge in [-0.3, -0.25) is 9.88 Å². The van der Waals surface area contributed by atoms with Crippen LogP contribution in [0.1, 0.15) is 38.7 Å². The minimum absolute atomic E-state index is 0.303. The van der Waals surface area contributed by atoms with Crippen LogP contribution < -0.4 is 0 Å².